The molecular weight excluding hydrogens is 440 g/mol. The highest BCUT2D eigenvalue weighted by atomic mass is 79.9. The monoisotopic (exact) mass is 482 g/mol. The molecule has 0 bridgehead atoms. The maximum atomic E-state index is 13.1. The Morgan fingerprint density at radius 1 is 1.00 bits per heavy atom. The van der Waals surface area contributed by atoms with Gasteiger partial charge in [0.2, 0.25) is 0 Å². The van der Waals surface area contributed by atoms with E-state index >= 15 is 0 Å². The Morgan fingerprint density at radius 3 is 2.07 bits per heavy atom. The summed E-state index contributed by atoms with van der Waals surface area (Å²) in [7, 11) is 0. The van der Waals surface area contributed by atoms with Crippen molar-refractivity contribution < 1.29 is 14.3 Å². The van der Waals surface area contributed by atoms with Crippen LogP contribution >= 0.6 is 15.9 Å². The van der Waals surface area contributed by atoms with Crippen LogP contribution in [0.3, 0.4) is 0 Å². The molecule has 0 aromatic heterocycles. The van der Waals surface area contributed by atoms with Gasteiger partial charge in [-0.3, -0.25) is 4.79 Å². The first kappa shape index (κ1) is 27.2. The van der Waals surface area contributed by atoms with Gasteiger partial charge in [-0.05, 0) is 70.3 Å². The molecule has 0 radical (unpaired) electrons. The number of hydrogen-bond acceptors (Lipinski definition) is 3. The van der Waals surface area contributed by atoms with Crippen LogP contribution in [0.15, 0.2) is 30.3 Å². The van der Waals surface area contributed by atoms with Gasteiger partial charge in [0.15, 0.2) is 0 Å². The smallest absolute Gasteiger partial charge is 0.312 e. The Hall–Kier alpha value is -0.870. The Balaban J connectivity index is 2.83. The van der Waals surface area contributed by atoms with Crippen molar-refractivity contribution in [3.8, 4) is 0 Å². The highest BCUT2D eigenvalue weighted by Gasteiger charge is 2.47. The SMILES string of the molecule is CC(C)CCOC(C)COC(=O)C(C)(C)C(C)(C)CC(c1ccccc1)C(C)(C)Br. The van der Waals surface area contributed by atoms with Crippen molar-refractivity contribution in [2.24, 2.45) is 16.7 Å². The number of esters is 1. The van der Waals surface area contributed by atoms with Crippen LogP contribution in [0, 0.1) is 16.7 Å². The largest absolute Gasteiger partial charge is 0.463 e. The second-order valence-corrected chi connectivity index (χ2v) is 12.7. The van der Waals surface area contributed by atoms with Crippen LogP contribution in [0.1, 0.15) is 86.6 Å². The lowest BCUT2D eigenvalue weighted by molar-refractivity contribution is -0.165. The van der Waals surface area contributed by atoms with Gasteiger partial charge in [0, 0.05) is 10.9 Å². The number of hydrogen-bond donors (Lipinski definition) is 0. The molecular formula is C26H43BrO3. The Kier molecular flexibility index (Phi) is 10.1. The average Bonchev–Trinajstić information content (AvgIpc) is 2.63. The van der Waals surface area contributed by atoms with Gasteiger partial charge in [-0.1, -0.05) is 74.0 Å². The molecule has 0 fully saturated rings. The Morgan fingerprint density at radius 2 is 1.57 bits per heavy atom. The lowest BCUT2D eigenvalue weighted by Gasteiger charge is -2.44. The van der Waals surface area contributed by atoms with Crippen LogP contribution in [0.25, 0.3) is 0 Å². The summed E-state index contributed by atoms with van der Waals surface area (Å²) in [6, 6.07) is 10.5. The summed E-state index contributed by atoms with van der Waals surface area (Å²) in [5.74, 6) is 0.709. The fraction of sp³-hybridized carbons (Fsp3) is 0.731. The van der Waals surface area contributed by atoms with Crippen molar-refractivity contribution in [2.75, 3.05) is 13.2 Å². The number of carbonyl (C=O) groups is 1. The molecule has 0 saturated carbocycles. The third-order valence-corrected chi connectivity index (χ3v) is 7.05. The van der Waals surface area contributed by atoms with Crippen LogP contribution in [0.2, 0.25) is 0 Å². The van der Waals surface area contributed by atoms with Crippen LogP contribution in [-0.2, 0) is 14.3 Å². The molecule has 0 N–H and O–H groups in total. The molecule has 0 aliphatic rings. The van der Waals surface area contributed by atoms with Gasteiger partial charge in [0.25, 0.3) is 0 Å². The Bertz CT molecular complexity index is 644. The van der Waals surface area contributed by atoms with Crippen molar-refractivity contribution >= 4 is 21.9 Å². The molecule has 2 unspecified atom stereocenters. The topological polar surface area (TPSA) is 35.5 Å². The van der Waals surface area contributed by atoms with Crippen LogP contribution < -0.4 is 0 Å². The zero-order chi connectivity index (χ0) is 23.2. The third-order valence-electron chi connectivity index (χ3n) is 6.49. The van der Waals surface area contributed by atoms with Gasteiger partial charge >= 0.3 is 5.97 Å². The van der Waals surface area contributed by atoms with Gasteiger partial charge in [-0.2, -0.15) is 0 Å². The number of carbonyl (C=O) groups excluding carboxylic acids is 1. The summed E-state index contributed by atoms with van der Waals surface area (Å²) in [6.45, 7) is 20.1. The van der Waals surface area contributed by atoms with E-state index in [1.165, 1.54) is 5.56 Å². The molecule has 30 heavy (non-hydrogen) atoms. The summed E-state index contributed by atoms with van der Waals surface area (Å²) < 4.78 is 11.4. The van der Waals surface area contributed by atoms with Crippen LogP contribution in [0.5, 0.6) is 0 Å². The maximum absolute atomic E-state index is 13.1. The van der Waals surface area contributed by atoms with Crippen molar-refractivity contribution in [1.82, 2.24) is 0 Å². The molecule has 0 aliphatic carbocycles. The van der Waals surface area contributed by atoms with Crippen molar-refractivity contribution in [2.45, 2.75) is 91.5 Å². The van der Waals surface area contributed by atoms with Gasteiger partial charge in [0.1, 0.15) is 6.61 Å². The Labute approximate surface area is 193 Å². The fourth-order valence-corrected chi connectivity index (χ4v) is 3.84. The normalized spacial score (nSPS) is 15.2. The summed E-state index contributed by atoms with van der Waals surface area (Å²) in [4.78, 5) is 13.1. The second-order valence-electron chi connectivity index (χ2n) is 10.7. The number of ether oxygens (including phenoxy) is 2. The standard InChI is InChI=1S/C26H43BrO3/c1-19(2)15-16-29-20(3)18-30-23(28)25(6,7)24(4,5)17-22(26(8,9)27)21-13-11-10-12-14-21/h10-14,19-20,22H,15-18H2,1-9H3. The van der Waals surface area contributed by atoms with Crippen LogP contribution in [-0.4, -0.2) is 29.6 Å². The average molecular weight is 484 g/mol. The summed E-state index contributed by atoms with van der Waals surface area (Å²) >= 11 is 3.89. The van der Waals surface area contributed by atoms with E-state index in [1.54, 1.807) is 0 Å². The number of benzene rings is 1. The minimum Gasteiger partial charge on any atom is -0.463 e. The summed E-state index contributed by atoms with van der Waals surface area (Å²) in [6.07, 6.45) is 1.78. The van der Waals surface area contributed by atoms with E-state index in [0.29, 0.717) is 19.1 Å². The second kappa shape index (κ2) is 11.1. The molecule has 4 heteroatoms. The fourth-order valence-electron chi connectivity index (χ4n) is 3.41. The predicted octanol–water partition coefficient (Wildman–Crippen LogP) is 7.38. The zero-order valence-corrected chi connectivity index (χ0v) is 22.1. The minimum absolute atomic E-state index is 0.0924. The molecule has 0 aliphatic heterocycles. The molecule has 0 amide bonds. The van der Waals surface area contributed by atoms with Gasteiger partial charge in [0.05, 0.1) is 11.5 Å². The minimum atomic E-state index is -0.629. The number of rotatable bonds is 12. The highest BCUT2D eigenvalue weighted by molar-refractivity contribution is 9.10. The maximum Gasteiger partial charge on any atom is 0.312 e. The predicted molar refractivity (Wildman–Crippen MR) is 130 cm³/mol. The van der Waals surface area contributed by atoms with E-state index in [9.17, 15) is 4.79 Å². The van der Waals surface area contributed by atoms with E-state index in [2.05, 4.69) is 81.7 Å². The number of alkyl halides is 1. The molecule has 2 atom stereocenters. The summed E-state index contributed by atoms with van der Waals surface area (Å²) in [5.41, 5.74) is 0.386. The van der Waals surface area contributed by atoms with E-state index in [0.717, 1.165) is 12.8 Å². The van der Waals surface area contributed by atoms with Gasteiger partial charge < -0.3 is 9.47 Å². The molecule has 1 rings (SSSR count). The van der Waals surface area contributed by atoms with E-state index in [-0.39, 0.29) is 27.7 Å². The lowest BCUT2D eigenvalue weighted by atomic mass is 9.62. The van der Waals surface area contributed by atoms with E-state index < -0.39 is 5.41 Å². The van der Waals surface area contributed by atoms with Crippen LogP contribution in [0.4, 0.5) is 0 Å². The van der Waals surface area contributed by atoms with Crippen molar-refractivity contribution in [3.63, 3.8) is 0 Å². The molecule has 0 saturated heterocycles. The van der Waals surface area contributed by atoms with E-state index in [4.69, 9.17) is 9.47 Å². The van der Waals surface area contributed by atoms with Gasteiger partial charge in [-0.15, -0.1) is 0 Å². The molecule has 3 nitrogen and oxygen atoms in total. The molecule has 1 aromatic rings. The molecule has 1 aromatic carbocycles. The van der Waals surface area contributed by atoms with Crippen molar-refractivity contribution in [1.29, 1.82) is 0 Å². The molecule has 0 heterocycles. The lowest BCUT2D eigenvalue weighted by Crippen LogP contribution is -2.44. The summed E-state index contributed by atoms with van der Waals surface area (Å²) in [5, 5.41) is 0. The first-order valence-corrected chi connectivity index (χ1v) is 12.0. The van der Waals surface area contributed by atoms with Crippen molar-refractivity contribution in [3.05, 3.63) is 35.9 Å². The highest BCUT2D eigenvalue weighted by Crippen LogP contribution is 2.50. The zero-order valence-electron chi connectivity index (χ0n) is 20.5. The van der Waals surface area contributed by atoms with E-state index in [1.807, 2.05) is 26.8 Å². The van der Waals surface area contributed by atoms with Gasteiger partial charge in [-0.25, -0.2) is 0 Å². The first-order valence-electron chi connectivity index (χ1n) is 11.2. The molecule has 172 valence electrons. The number of halogens is 1. The first-order chi connectivity index (χ1) is 13.7. The third kappa shape index (κ3) is 8.00. The molecule has 0 spiro atoms. The quantitative estimate of drug-likeness (QED) is 0.230.